The largest absolute Gasteiger partial charge is 0.418 e. The Morgan fingerprint density at radius 3 is 2.52 bits per heavy atom. The van der Waals surface area contributed by atoms with Crippen molar-refractivity contribution in [3.05, 3.63) is 75.1 Å². The molecule has 1 aromatic heterocycles. The summed E-state index contributed by atoms with van der Waals surface area (Å²) in [7, 11) is 0. The molecule has 3 aromatic rings. The molecule has 2 aromatic carbocycles. The maximum atomic E-state index is 13.3. The van der Waals surface area contributed by atoms with Crippen LogP contribution in [0.15, 0.2) is 47.3 Å². The topological polar surface area (TPSA) is 65.2 Å². The van der Waals surface area contributed by atoms with Crippen LogP contribution in [0.25, 0.3) is 10.9 Å². The molecule has 0 radical (unpaired) electrons. The van der Waals surface area contributed by atoms with Gasteiger partial charge in [0.15, 0.2) is 0 Å². The highest BCUT2D eigenvalue weighted by molar-refractivity contribution is 5.91. The summed E-state index contributed by atoms with van der Waals surface area (Å²) in [5.41, 5.74) is 1.72. The van der Waals surface area contributed by atoms with Crippen molar-refractivity contribution >= 4 is 22.6 Å². The number of anilines is 1. The number of H-pyrrole nitrogens is 1. The van der Waals surface area contributed by atoms with Crippen molar-refractivity contribution in [2.45, 2.75) is 39.9 Å². The third-order valence-corrected chi connectivity index (χ3v) is 5.00. The predicted octanol–water partition coefficient (Wildman–Crippen LogP) is 5.61. The van der Waals surface area contributed by atoms with Crippen molar-refractivity contribution in [2.24, 2.45) is 0 Å². The Hall–Kier alpha value is -3.29. The van der Waals surface area contributed by atoms with Gasteiger partial charge in [-0.3, -0.25) is 4.79 Å². The number of fused-ring (bicyclic) bond motifs is 1. The van der Waals surface area contributed by atoms with Gasteiger partial charge in [0.2, 0.25) is 5.56 Å². The summed E-state index contributed by atoms with van der Waals surface area (Å²) in [6.45, 7) is 6.11. The van der Waals surface area contributed by atoms with Crippen molar-refractivity contribution in [2.75, 3.05) is 11.9 Å². The Balaban J connectivity index is 1.96. The number of halogens is 3. The lowest BCUT2D eigenvalue weighted by Gasteiger charge is -2.24. The summed E-state index contributed by atoms with van der Waals surface area (Å²) in [5.74, 6) is 0. The monoisotopic (exact) mass is 431 g/mol. The number of hydrogen-bond donors (Lipinski definition) is 2. The molecule has 5 nitrogen and oxygen atoms in total. The Labute approximate surface area is 177 Å². The summed E-state index contributed by atoms with van der Waals surface area (Å²) in [5, 5.41) is 3.20. The molecule has 2 amide bonds. The SMILES string of the molecule is CCCN(Cc1cc(=O)[nH]c2c(C)cc(C)cc12)C(=O)Nc1ccccc1C(F)(F)F. The van der Waals surface area contributed by atoms with Crippen LogP contribution in [-0.4, -0.2) is 22.5 Å². The van der Waals surface area contributed by atoms with Crippen LogP contribution in [0.2, 0.25) is 0 Å². The molecule has 1 heterocycles. The van der Waals surface area contributed by atoms with E-state index in [-0.39, 0.29) is 17.8 Å². The van der Waals surface area contributed by atoms with E-state index in [1.165, 1.54) is 29.2 Å². The van der Waals surface area contributed by atoms with Gasteiger partial charge in [0.1, 0.15) is 0 Å². The Morgan fingerprint density at radius 2 is 1.84 bits per heavy atom. The molecule has 8 heteroatoms. The van der Waals surface area contributed by atoms with Crippen LogP contribution in [0.4, 0.5) is 23.7 Å². The van der Waals surface area contributed by atoms with Crippen LogP contribution in [0.1, 0.15) is 35.6 Å². The number of hydrogen-bond acceptors (Lipinski definition) is 2. The fourth-order valence-corrected chi connectivity index (χ4v) is 3.67. The lowest BCUT2D eigenvalue weighted by Crippen LogP contribution is -2.36. The number of aromatic nitrogens is 1. The van der Waals surface area contributed by atoms with E-state index in [1.807, 2.05) is 32.9 Å². The number of carbonyl (C=O) groups excluding carboxylic acids is 1. The third-order valence-electron chi connectivity index (χ3n) is 5.00. The van der Waals surface area contributed by atoms with Gasteiger partial charge in [-0.05, 0) is 49.6 Å². The molecule has 0 aliphatic carbocycles. The molecule has 164 valence electrons. The van der Waals surface area contributed by atoms with Crippen molar-refractivity contribution in [1.82, 2.24) is 9.88 Å². The van der Waals surface area contributed by atoms with Gasteiger partial charge >= 0.3 is 12.2 Å². The zero-order valence-corrected chi connectivity index (χ0v) is 17.6. The predicted molar refractivity (Wildman–Crippen MR) is 115 cm³/mol. The molecular weight excluding hydrogens is 407 g/mol. The second kappa shape index (κ2) is 8.83. The molecule has 0 atom stereocenters. The Morgan fingerprint density at radius 1 is 1.13 bits per heavy atom. The highest BCUT2D eigenvalue weighted by Gasteiger charge is 2.34. The number of aromatic amines is 1. The van der Waals surface area contributed by atoms with Crippen molar-refractivity contribution in [3.63, 3.8) is 0 Å². The minimum Gasteiger partial charge on any atom is -0.322 e. The zero-order valence-electron chi connectivity index (χ0n) is 17.6. The first-order chi connectivity index (χ1) is 14.6. The highest BCUT2D eigenvalue weighted by atomic mass is 19.4. The van der Waals surface area contributed by atoms with Crippen LogP contribution >= 0.6 is 0 Å². The normalized spacial score (nSPS) is 11.5. The van der Waals surface area contributed by atoms with E-state index in [0.717, 1.165) is 22.6 Å². The highest BCUT2D eigenvalue weighted by Crippen LogP contribution is 2.34. The van der Waals surface area contributed by atoms with E-state index in [1.54, 1.807) is 0 Å². The first-order valence-electron chi connectivity index (χ1n) is 9.95. The zero-order chi connectivity index (χ0) is 22.8. The summed E-state index contributed by atoms with van der Waals surface area (Å²) < 4.78 is 39.9. The number of amides is 2. The van der Waals surface area contributed by atoms with Gasteiger partial charge in [0.05, 0.1) is 16.8 Å². The smallest absolute Gasteiger partial charge is 0.322 e. The van der Waals surface area contributed by atoms with E-state index in [9.17, 15) is 22.8 Å². The Bertz CT molecular complexity index is 1170. The number of carbonyl (C=O) groups is 1. The lowest BCUT2D eigenvalue weighted by atomic mass is 10.0. The van der Waals surface area contributed by atoms with Gasteiger partial charge in [0.25, 0.3) is 0 Å². The van der Waals surface area contributed by atoms with E-state index in [2.05, 4.69) is 10.3 Å². The molecule has 3 rings (SSSR count). The van der Waals surface area contributed by atoms with Gasteiger partial charge in [-0.1, -0.05) is 30.7 Å². The first kappa shape index (κ1) is 22.4. The molecule has 0 saturated carbocycles. The fraction of sp³-hybridized carbons (Fsp3) is 0.304. The van der Waals surface area contributed by atoms with Gasteiger partial charge in [-0.25, -0.2) is 4.79 Å². The number of pyridine rings is 1. The number of rotatable bonds is 5. The fourth-order valence-electron chi connectivity index (χ4n) is 3.67. The molecule has 0 unspecified atom stereocenters. The van der Waals surface area contributed by atoms with Gasteiger partial charge in [-0.15, -0.1) is 0 Å². The van der Waals surface area contributed by atoms with E-state index < -0.39 is 17.8 Å². The van der Waals surface area contributed by atoms with Crippen LogP contribution < -0.4 is 10.9 Å². The third kappa shape index (κ3) is 5.07. The first-order valence-corrected chi connectivity index (χ1v) is 9.95. The number of nitrogens with zero attached hydrogens (tertiary/aromatic N) is 1. The molecule has 0 bridgehead atoms. The molecule has 0 spiro atoms. The molecule has 0 aliphatic heterocycles. The number of aryl methyl sites for hydroxylation is 2. The average Bonchev–Trinajstić information content (AvgIpc) is 2.68. The summed E-state index contributed by atoms with van der Waals surface area (Å²) >= 11 is 0. The van der Waals surface area contributed by atoms with E-state index in [0.29, 0.717) is 24.0 Å². The quantitative estimate of drug-likeness (QED) is 0.552. The maximum absolute atomic E-state index is 13.3. The maximum Gasteiger partial charge on any atom is 0.418 e. The second-order valence-corrected chi connectivity index (χ2v) is 7.56. The molecule has 0 saturated heterocycles. The number of benzene rings is 2. The van der Waals surface area contributed by atoms with E-state index in [4.69, 9.17) is 0 Å². The lowest BCUT2D eigenvalue weighted by molar-refractivity contribution is -0.136. The van der Waals surface area contributed by atoms with Crippen molar-refractivity contribution in [3.8, 4) is 0 Å². The molecule has 0 fully saturated rings. The summed E-state index contributed by atoms with van der Waals surface area (Å²) in [6.07, 6.45) is -3.98. The minimum absolute atomic E-state index is 0.0944. The summed E-state index contributed by atoms with van der Waals surface area (Å²) in [4.78, 5) is 29.3. The number of para-hydroxylation sites is 1. The van der Waals surface area contributed by atoms with E-state index >= 15 is 0 Å². The van der Waals surface area contributed by atoms with Gasteiger partial charge in [-0.2, -0.15) is 13.2 Å². The van der Waals surface area contributed by atoms with Gasteiger partial charge < -0.3 is 15.2 Å². The molecule has 0 aliphatic rings. The average molecular weight is 431 g/mol. The summed E-state index contributed by atoms with van der Waals surface area (Å²) in [6, 6.07) is 9.51. The standard InChI is InChI=1S/C23H24F3N3O2/c1-4-9-29(22(31)27-19-8-6-5-7-18(19)23(24,25)26)13-16-12-20(30)28-21-15(3)10-14(2)11-17(16)21/h5-8,10-12H,4,9,13H2,1-3H3,(H,27,31)(H,28,30). The molecule has 31 heavy (non-hydrogen) atoms. The number of urea groups is 1. The number of nitrogens with one attached hydrogen (secondary N) is 2. The number of alkyl halides is 3. The van der Waals surface area contributed by atoms with Gasteiger partial charge in [0, 0.05) is 24.5 Å². The molecule has 2 N–H and O–H groups in total. The van der Waals surface area contributed by atoms with Crippen molar-refractivity contribution in [1.29, 1.82) is 0 Å². The van der Waals surface area contributed by atoms with Crippen molar-refractivity contribution < 1.29 is 18.0 Å². The minimum atomic E-state index is -4.59. The van der Waals surface area contributed by atoms with Crippen LogP contribution in [0, 0.1) is 13.8 Å². The van der Waals surface area contributed by atoms with Crippen LogP contribution in [0.3, 0.4) is 0 Å². The Kier molecular flexibility index (Phi) is 6.38. The van der Waals surface area contributed by atoms with Crippen LogP contribution in [-0.2, 0) is 12.7 Å². The second-order valence-electron chi connectivity index (χ2n) is 7.56. The van der Waals surface area contributed by atoms with Crippen LogP contribution in [0.5, 0.6) is 0 Å². The molecular formula is C23H24F3N3O2.